The van der Waals surface area contributed by atoms with Crippen LogP contribution in [0.4, 0.5) is 0 Å². The van der Waals surface area contributed by atoms with E-state index in [2.05, 4.69) is 68.9 Å². The number of allylic oxidation sites excluding steroid dienone is 1. The summed E-state index contributed by atoms with van der Waals surface area (Å²) < 4.78 is 1.34. The molecule has 0 aliphatic heterocycles. The normalized spacial score (nSPS) is 20.7. The minimum absolute atomic E-state index is 0.507. The van der Waals surface area contributed by atoms with Gasteiger partial charge < -0.3 is 0 Å². The zero-order valence-corrected chi connectivity index (χ0v) is 10.2. The lowest BCUT2D eigenvalue weighted by Gasteiger charge is -2.16. The minimum atomic E-state index is 0.507. The predicted octanol–water partition coefficient (Wildman–Crippen LogP) is 4.14. The summed E-state index contributed by atoms with van der Waals surface area (Å²) in [6, 6.07) is 6.46. The molecule has 0 N–H and O–H groups in total. The highest BCUT2D eigenvalue weighted by atomic mass is 127. The summed E-state index contributed by atoms with van der Waals surface area (Å²) in [5.74, 6) is 0. The summed E-state index contributed by atoms with van der Waals surface area (Å²) in [6.45, 7) is 0. The molecule has 0 heterocycles. The van der Waals surface area contributed by atoms with Crippen molar-refractivity contribution in [3.05, 3.63) is 39.0 Å². The molecule has 0 amide bonds. The van der Waals surface area contributed by atoms with Crippen molar-refractivity contribution >= 4 is 44.6 Å². The first-order valence-electron chi connectivity index (χ1n) is 3.88. The van der Waals surface area contributed by atoms with Gasteiger partial charge in [-0.2, -0.15) is 0 Å². The molecule has 1 unspecified atom stereocenters. The van der Waals surface area contributed by atoms with Gasteiger partial charge in [0.2, 0.25) is 0 Å². The Balaban J connectivity index is 2.61. The van der Waals surface area contributed by atoms with E-state index in [-0.39, 0.29) is 0 Å². The van der Waals surface area contributed by atoms with E-state index in [1.165, 1.54) is 14.7 Å². The highest BCUT2D eigenvalue weighted by molar-refractivity contribution is 14.1. The maximum absolute atomic E-state index is 3.67. The molecule has 1 aromatic rings. The highest BCUT2D eigenvalue weighted by Crippen LogP contribution is 2.35. The van der Waals surface area contributed by atoms with E-state index in [1.54, 1.807) is 0 Å². The molecule has 0 saturated heterocycles. The van der Waals surface area contributed by atoms with Crippen molar-refractivity contribution < 1.29 is 0 Å². The SMILES string of the molecule is BrC1CC=Cc2c(I)cccc21. The van der Waals surface area contributed by atoms with Crippen molar-refractivity contribution in [1.29, 1.82) is 0 Å². The molecule has 0 saturated carbocycles. The van der Waals surface area contributed by atoms with E-state index in [9.17, 15) is 0 Å². The lowest BCUT2D eigenvalue weighted by atomic mass is 9.98. The smallest absolute Gasteiger partial charge is 0.0436 e. The van der Waals surface area contributed by atoms with Crippen LogP contribution in [0.25, 0.3) is 6.08 Å². The lowest BCUT2D eigenvalue weighted by Crippen LogP contribution is -1.98. The molecule has 1 aromatic carbocycles. The second-order valence-corrected chi connectivity index (χ2v) is 5.12. The molecular formula is C10H8BrI. The van der Waals surface area contributed by atoms with Gasteiger partial charge in [0.25, 0.3) is 0 Å². The van der Waals surface area contributed by atoms with E-state index < -0.39 is 0 Å². The summed E-state index contributed by atoms with van der Waals surface area (Å²) in [5, 5.41) is 0. The lowest BCUT2D eigenvalue weighted by molar-refractivity contribution is 0.971. The molecule has 0 spiro atoms. The van der Waals surface area contributed by atoms with Crippen LogP contribution < -0.4 is 0 Å². The summed E-state index contributed by atoms with van der Waals surface area (Å²) in [5.41, 5.74) is 2.80. The van der Waals surface area contributed by atoms with Gasteiger partial charge in [-0.1, -0.05) is 40.2 Å². The number of alkyl halides is 1. The summed E-state index contributed by atoms with van der Waals surface area (Å²) in [4.78, 5) is 0.507. The van der Waals surface area contributed by atoms with Gasteiger partial charge >= 0.3 is 0 Å². The van der Waals surface area contributed by atoms with Crippen molar-refractivity contribution in [2.24, 2.45) is 0 Å². The fraction of sp³-hybridized carbons (Fsp3) is 0.200. The first-order valence-corrected chi connectivity index (χ1v) is 5.87. The first kappa shape index (κ1) is 8.75. The Morgan fingerprint density at radius 2 is 2.25 bits per heavy atom. The van der Waals surface area contributed by atoms with Gasteiger partial charge in [0, 0.05) is 8.40 Å². The van der Waals surface area contributed by atoms with Crippen LogP contribution in [0.3, 0.4) is 0 Å². The van der Waals surface area contributed by atoms with Crippen LogP contribution in [0.15, 0.2) is 24.3 Å². The van der Waals surface area contributed by atoms with Gasteiger partial charge in [0.05, 0.1) is 0 Å². The summed E-state index contributed by atoms with van der Waals surface area (Å²) in [7, 11) is 0. The van der Waals surface area contributed by atoms with E-state index in [4.69, 9.17) is 0 Å². The zero-order chi connectivity index (χ0) is 8.55. The Morgan fingerprint density at radius 1 is 1.42 bits per heavy atom. The third kappa shape index (κ3) is 1.46. The average molecular weight is 335 g/mol. The molecule has 2 rings (SSSR count). The van der Waals surface area contributed by atoms with Crippen molar-refractivity contribution in [2.75, 3.05) is 0 Å². The molecule has 1 aliphatic carbocycles. The van der Waals surface area contributed by atoms with Gasteiger partial charge in [0.1, 0.15) is 0 Å². The molecule has 12 heavy (non-hydrogen) atoms. The third-order valence-electron chi connectivity index (χ3n) is 2.05. The fourth-order valence-electron chi connectivity index (χ4n) is 1.44. The second-order valence-electron chi connectivity index (χ2n) is 2.85. The van der Waals surface area contributed by atoms with Crippen molar-refractivity contribution in [3.63, 3.8) is 0 Å². The van der Waals surface area contributed by atoms with Crippen LogP contribution in [0.5, 0.6) is 0 Å². The molecule has 0 fully saturated rings. The highest BCUT2D eigenvalue weighted by Gasteiger charge is 2.14. The summed E-state index contributed by atoms with van der Waals surface area (Å²) in [6.07, 6.45) is 5.55. The van der Waals surface area contributed by atoms with E-state index >= 15 is 0 Å². The summed E-state index contributed by atoms with van der Waals surface area (Å²) >= 11 is 6.05. The van der Waals surface area contributed by atoms with Crippen LogP contribution in [0.1, 0.15) is 22.4 Å². The van der Waals surface area contributed by atoms with E-state index in [0.29, 0.717) is 4.83 Å². The van der Waals surface area contributed by atoms with Crippen LogP contribution in [0, 0.1) is 3.57 Å². The van der Waals surface area contributed by atoms with Gasteiger partial charge in [-0.25, -0.2) is 0 Å². The van der Waals surface area contributed by atoms with E-state index in [1.807, 2.05) is 0 Å². The minimum Gasteiger partial charge on any atom is -0.0835 e. The standard InChI is InChI=1S/C10H8BrI/c11-9-5-1-4-8-7(9)3-2-6-10(8)12/h1-4,6,9H,5H2. The maximum Gasteiger partial charge on any atom is 0.0436 e. The molecule has 1 atom stereocenters. The number of rotatable bonds is 0. The first-order chi connectivity index (χ1) is 5.79. The Bertz CT molecular complexity index is 331. The maximum atomic E-state index is 3.67. The van der Waals surface area contributed by atoms with Crippen LogP contribution in [-0.4, -0.2) is 0 Å². The third-order valence-corrected chi connectivity index (χ3v) is 3.86. The Morgan fingerprint density at radius 3 is 3.00 bits per heavy atom. The Hall–Kier alpha value is 0.170. The predicted molar refractivity (Wildman–Crippen MR) is 64.5 cm³/mol. The Kier molecular flexibility index (Phi) is 2.55. The molecule has 0 radical (unpaired) electrons. The Labute approximate surface area is 94.3 Å². The number of halogens is 2. The molecule has 0 nitrogen and oxygen atoms in total. The van der Waals surface area contributed by atoms with Crippen molar-refractivity contribution in [3.8, 4) is 0 Å². The van der Waals surface area contributed by atoms with Crippen LogP contribution in [0.2, 0.25) is 0 Å². The molecule has 0 aromatic heterocycles. The second kappa shape index (κ2) is 3.50. The van der Waals surface area contributed by atoms with Crippen LogP contribution >= 0.6 is 38.5 Å². The van der Waals surface area contributed by atoms with E-state index in [0.717, 1.165) is 6.42 Å². The largest absolute Gasteiger partial charge is 0.0835 e. The molecule has 1 aliphatic rings. The average Bonchev–Trinajstić information content (AvgIpc) is 2.07. The monoisotopic (exact) mass is 334 g/mol. The van der Waals surface area contributed by atoms with Crippen molar-refractivity contribution in [2.45, 2.75) is 11.2 Å². The quantitative estimate of drug-likeness (QED) is 0.494. The fourth-order valence-corrected chi connectivity index (χ4v) is 2.75. The zero-order valence-electron chi connectivity index (χ0n) is 6.43. The molecule has 62 valence electrons. The topological polar surface area (TPSA) is 0 Å². The molecule has 2 heteroatoms. The number of fused-ring (bicyclic) bond motifs is 1. The van der Waals surface area contributed by atoms with Gasteiger partial charge in [-0.05, 0) is 46.2 Å². The number of hydrogen-bond acceptors (Lipinski definition) is 0. The van der Waals surface area contributed by atoms with Gasteiger partial charge in [-0.3, -0.25) is 0 Å². The number of hydrogen-bond donors (Lipinski definition) is 0. The van der Waals surface area contributed by atoms with Crippen molar-refractivity contribution in [1.82, 2.24) is 0 Å². The molecule has 0 bridgehead atoms. The molecular weight excluding hydrogens is 327 g/mol. The number of benzene rings is 1. The van der Waals surface area contributed by atoms with Gasteiger partial charge in [0.15, 0.2) is 0 Å². The van der Waals surface area contributed by atoms with Gasteiger partial charge in [-0.15, -0.1) is 0 Å². The van der Waals surface area contributed by atoms with Crippen LogP contribution in [-0.2, 0) is 0 Å².